The lowest BCUT2D eigenvalue weighted by Crippen LogP contribution is -2.60. The predicted molar refractivity (Wildman–Crippen MR) is 78.0 cm³/mol. The van der Waals surface area contributed by atoms with Gasteiger partial charge in [0, 0.05) is 6.61 Å². The molecular weight excluding hydrogens is 292 g/mol. The van der Waals surface area contributed by atoms with Crippen molar-refractivity contribution in [1.82, 2.24) is 0 Å². The van der Waals surface area contributed by atoms with E-state index >= 15 is 0 Å². The van der Waals surface area contributed by atoms with Gasteiger partial charge in [0.2, 0.25) is 0 Å². The molecule has 5 atom stereocenters. The van der Waals surface area contributed by atoms with Gasteiger partial charge in [0.25, 0.3) is 0 Å². The van der Waals surface area contributed by atoms with Crippen molar-refractivity contribution in [2.24, 2.45) is 0 Å². The van der Waals surface area contributed by atoms with Gasteiger partial charge in [0.1, 0.15) is 18.3 Å². The molecule has 0 amide bonds. The van der Waals surface area contributed by atoms with Crippen molar-refractivity contribution in [3.05, 3.63) is 0 Å². The third-order valence-electron chi connectivity index (χ3n) is 3.78. The van der Waals surface area contributed by atoms with Crippen molar-refractivity contribution in [1.29, 1.82) is 0 Å². The summed E-state index contributed by atoms with van der Waals surface area (Å²) >= 11 is 0. The zero-order valence-corrected chi connectivity index (χ0v) is 13.3. The lowest BCUT2D eigenvalue weighted by molar-refractivity contribution is -0.294. The largest absolute Gasteiger partial charge is 0.467 e. The molecule has 2 unspecified atom stereocenters. The van der Waals surface area contributed by atoms with Crippen LogP contribution in [0.2, 0.25) is 0 Å². The maximum atomic E-state index is 11.5. The molecule has 0 aromatic carbocycles. The highest BCUT2D eigenvalue weighted by molar-refractivity contribution is 5.75. The Kier molecular flexibility index (Phi) is 8.89. The first-order valence-electron chi connectivity index (χ1n) is 7.92. The summed E-state index contributed by atoms with van der Waals surface area (Å²) < 4.78 is 15.1. The first-order chi connectivity index (χ1) is 10.5. The number of carbonyl (C=O) groups is 1. The molecule has 0 aliphatic carbocycles. The van der Waals surface area contributed by atoms with E-state index in [-0.39, 0.29) is 0 Å². The van der Waals surface area contributed by atoms with E-state index in [9.17, 15) is 20.1 Å². The second-order valence-electron chi connectivity index (χ2n) is 5.56. The maximum absolute atomic E-state index is 11.5. The average Bonchev–Trinajstić information content (AvgIpc) is 2.53. The molecule has 0 saturated carbocycles. The van der Waals surface area contributed by atoms with Crippen molar-refractivity contribution < 1.29 is 34.3 Å². The van der Waals surface area contributed by atoms with Gasteiger partial charge in [-0.15, -0.1) is 0 Å². The van der Waals surface area contributed by atoms with E-state index in [1.807, 2.05) is 0 Å². The minimum Gasteiger partial charge on any atom is -0.467 e. The number of aliphatic hydroxyl groups is 3. The molecule has 1 saturated heterocycles. The summed E-state index contributed by atoms with van der Waals surface area (Å²) in [7, 11) is 1.15. The number of rotatable bonds is 9. The van der Waals surface area contributed by atoms with Gasteiger partial charge in [-0.3, -0.25) is 0 Å². The number of hydrogen-bond acceptors (Lipinski definition) is 7. The summed E-state index contributed by atoms with van der Waals surface area (Å²) in [6.07, 6.45) is -0.460. The molecule has 7 heteroatoms. The van der Waals surface area contributed by atoms with Crippen LogP contribution in [0, 0.1) is 0 Å². The molecule has 1 heterocycles. The quantitative estimate of drug-likeness (QED) is 0.415. The first kappa shape index (κ1) is 19.3. The normalized spacial score (nSPS) is 32.0. The molecular formula is C15H28O7. The number of esters is 1. The fourth-order valence-corrected chi connectivity index (χ4v) is 2.38. The topological polar surface area (TPSA) is 105 Å². The van der Waals surface area contributed by atoms with Crippen LogP contribution in [0.3, 0.4) is 0 Å². The van der Waals surface area contributed by atoms with Crippen molar-refractivity contribution in [3.63, 3.8) is 0 Å². The van der Waals surface area contributed by atoms with Gasteiger partial charge in [-0.25, -0.2) is 4.79 Å². The molecule has 0 spiro atoms. The minimum absolute atomic E-state index is 0.352. The van der Waals surface area contributed by atoms with Gasteiger partial charge in [0.15, 0.2) is 12.4 Å². The summed E-state index contributed by atoms with van der Waals surface area (Å²) in [6, 6.07) is 0. The Morgan fingerprint density at radius 3 is 2.27 bits per heavy atom. The molecule has 1 aliphatic heterocycles. The van der Waals surface area contributed by atoms with Crippen molar-refractivity contribution in [3.8, 4) is 0 Å². The van der Waals surface area contributed by atoms with Crippen LogP contribution in [0.1, 0.15) is 45.4 Å². The fraction of sp³-hybridized carbons (Fsp3) is 0.933. The van der Waals surface area contributed by atoms with Crippen LogP contribution >= 0.6 is 0 Å². The second kappa shape index (κ2) is 10.1. The summed E-state index contributed by atoms with van der Waals surface area (Å²) in [4.78, 5) is 11.5. The van der Waals surface area contributed by atoms with E-state index in [0.29, 0.717) is 6.61 Å². The van der Waals surface area contributed by atoms with Crippen molar-refractivity contribution in [2.75, 3.05) is 13.7 Å². The number of unbranched alkanes of at least 4 members (excludes halogenated alkanes) is 5. The number of methoxy groups -OCH3 is 1. The van der Waals surface area contributed by atoms with Gasteiger partial charge in [-0.05, 0) is 6.42 Å². The number of hydrogen-bond donors (Lipinski definition) is 3. The number of carbonyl (C=O) groups excluding carboxylic acids is 1. The summed E-state index contributed by atoms with van der Waals surface area (Å²) in [5.41, 5.74) is 0. The van der Waals surface area contributed by atoms with Crippen LogP contribution in [0.5, 0.6) is 0 Å². The highest BCUT2D eigenvalue weighted by Gasteiger charge is 2.47. The highest BCUT2D eigenvalue weighted by atomic mass is 16.7. The zero-order chi connectivity index (χ0) is 16.5. The van der Waals surface area contributed by atoms with Crippen molar-refractivity contribution >= 4 is 5.97 Å². The van der Waals surface area contributed by atoms with E-state index in [0.717, 1.165) is 26.4 Å². The van der Waals surface area contributed by atoms with Gasteiger partial charge in [-0.2, -0.15) is 0 Å². The molecule has 7 nitrogen and oxygen atoms in total. The Hall–Kier alpha value is -0.730. The first-order valence-corrected chi connectivity index (χ1v) is 7.92. The van der Waals surface area contributed by atoms with Gasteiger partial charge in [-0.1, -0.05) is 39.0 Å². The standard InChI is InChI=1S/C15H28O7/c1-3-4-5-6-7-8-9-21-15-12(18)10(16)11(17)13(22-15)14(19)20-2/h10-13,15-18H,3-9H2,1-2H3/t10-,11+,12?,13?,15-/m1/s1. The monoisotopic (exact) mass is 320 g/mol. The summed E-state index contributed by atoms with van der Waals surface area (Å²) in [5.74, 6) is -0.813. The van der Waals surface area contributed by atoms with Crippen LogP contribution < -0.4 is 0 Å². The Morgan fingerprint density at radius 1 is 1.00 bits per heavy atom. The molecule has 0 bridgehead atoms. The van der Waals surface area contributed by atoms with E-state index < -0.39 is 36.7 Å². The molecule has 0 aromatic rings. The Labute approximate surface area is 131 Å². The summed E-state index contributed by atoms with van der Waals surface area (Å²) in [5, 5.41) is 29.3. The van der Waals surface area contributed by atoms with E-state index in [2.05, 4.69) is 11.7 Å². The summed E-state index contributed by atoms with van der Waals surface area (Å²) in [6.45, 7) is 2.51. The predicted octanol–water partition coefficient (Wildman–Crippen LogP) is 0.344. The van der Waals surface area contributed by atoms with Gasteiger partial charge in [0.05, 0.1) is 7.11 Å². The molecule has 1 rings (SSSR count). The van der Waals surface area contributed by atoms with Gasteiger partial charge >= 0.3 is 5.97 Å². The van der Waals surface area contributed by atoms with E-state index in [4.69, 9.17) is 9.47 Å². The minimum atomic E-state index is -1.55. The number of ether oxygens (including phenoxy) is 3. The average molecular weight is 320 g/mol. The van der Waals surface area contributed by atoms with Gasteiger partial charge < -0.3 is 29.5 Å². The molecule has 0 aromatic heterocycles. The number of aliphatic hydroxyl groups excluding tert-OH is 3. The molecule has 1 fully saturated rings. The van der Waals surface area contributed by atoms with Crippen LogP contribution in [-0.4, -0.2) is 65.7 Å². The highest BCUT2D eigenvalue weighted by Crippen LogP contribution is 2.23. The Morgan fingerprint density at radius 2 is 1.64 bits per heavy atom. The fourth-order valence-electron chi connectivity index (χ4n) is 2.38. The third kappa shape index (κ3) is 5.48. The lowest BCUT2D eigenvalue weighted by Gasteiger charge is -2.38. The third-order valence-corrected chi connectivity index (χ3v) is 3.78. The molecule has 22 heavy (non-hydrogen) atoms. The SMILES string of the molecule is CCCCCCCCO[C@@H]1OC(C(=O)OC)[C@@H](O)[C@@H](O)C1O. The molecule has 3 N–H and O–H groups in total. The zero-order valence-electron chi connectivity index (χ0n) is 13.3. The van der Waals surface area contributed by atoms with Crippen LogP contribution in [-0.2, 0) is 19.0 Å². The molecule has 130 valence electrons. The molecule has 1 aliphatic rings. The van der Waals surface area contributed by atoms with Crippen LogP contribution in [0.15, 0.2) is 0 Å². The van der Waals surface area contributed by atoms with E-state index in [1.54, 1.807) is 0 Å². The van der Waals surface area contributed by atoms with Crippen LogP contribution in [0.25, 0.3) is 0 Å². The Bertz CT molecular complexity index is 323. The maximum Gasteiger partial charge on any atom is 0.337 e. The Balaban J connectivity index is 2.36. The molecule has 0 radical (unpaired) electrons. The lowest BCUT2D eigenvalue weighted by atomic mass is 9.99. The smallest absolute Gasteiger partial charge is 0.337 e. The van der Waals surface area contributed by atoms with Crippen LogP contribution in [0.4, 0.5) is 0 Å². The van der Waals surface area contributed by atoms with E-state index in [1.165, 1.54) is 19.3 Å². The van der Waals surface area contributed by atoms with Crippen molar-refractivity contribution in [2.45, 2.75) is 76.2 Å². The second-order valence-corrected chi connectivity index (χ2v) is 5.56.